The summed E-state index contributed by atoms with van der Waals surface area (Å²) in [5, 5.41) is 4.93. The van der Waals surface area contributed by atoms with Crippen LogP contribution in [0.5, 0.6) is 0 Å². The van der Waals surface area contributed by atoms with Crippen LogP contribution in [0.4, 0.5) is 0 Å². The Morgan fingerprint density at radius 2 is 0.554 bits per heavy atom. The second-order valence-corrected chi connectivity index (χ2v) is 14.0. The fourth-order valence-corrected chi connectivity index (χ4v) is 7.64. The number of fused-ring (bicyclic) bond motifs is 2. The van der Waals surface area contributed by atoms with Crippen molar-refractivity contribution < 1.29 is 0 Å². The molecule has 56 heavy (non-hydrogen) atoms. The van der Waals surface area contributed by atoms with Crippen LogP contribution in [-0.2, 0) is 0 Å². The highest BCUT2D eigenvalue weighted by atomic mass is 15.0. The molecule has 0 saturated heterocycles. The van der Waals surface area contributed by atoms with E-state index in [0.29, 0.717) is 17.5 Å². The van der Waals surface area contributed by atoms with E-state index in [1.165, 1.54) is 49.4 Å². The molecule has 0 saturated carbocycles. The first kappa shape index (κ1) is 33.1. The van der Waals surface area contributed by atoms with Gasteiger partial charge in [0.25, 0.3) is 0 Å². The molecule has 0 unspecified atom stereocenters. The maximum Gasteiger partial charge on any atom is 0.164 e. The molecule has 10 rings (SSSR count). The minimum Gasteiger partial charge on any atom is -0.208 e. The lowest BCUT2D eigenvalue weighted by Gasteiger charge is -2.13. The van der Waals surface area contributed by atoms with Crippen LogP contribution in [0.15, 0.2) is 212 Å². The van der Waals surface area contributed by atoms with Gasteiger partial charge < -0.3 is 0 Å². The van der Waals surface area contributed by atoms with E-state index in [1.54, 1.807) is 0 Å². The van der Waals surface area contributed by atoms with Crippen molar-refractivity contribution in [2.45, 2.75) is 0 Å². The third-order valence-corrected chi connectivity index (χ3v) is 10.5. The minimum absolute atomic E-state index is 0.645. The maximum atomic E-state index is 5.01. The number of benzene rings is 9. The molecule has 0 aliphatic rings. The number of rotatable bonds is 7. The van der Waals surface area contributed by atoms with Crippen LogP contribution in [0.3, 0.4) is 0 Å². The average molecular weight is 714 g/mol. The van der Waals surface area contributed by atoms with E-state index in [-0.39, 0.29) is 0 Å². The summed E-state index contributed by atoms with van der Waals surface area (Å²) in [5.41, 5.74) is 12.3. The molecule has 0 spiro atoms. The molecule has 262 valence electrons. The van der Waals surface area contributed by atoms with E-state index in [2.05, 4.69) is 146 Å². The highest BCUT2D eigenvalue weighted by Crippen LogP contribution is 2.37. The van der Waals surface area contributed by atoms with Gasteiger partial charge in [0.15, 0.2) is 17.5 Å². The molecule has 0 fully saturated rings. The molecule has 0 aliphatic heterocycles. The van der Waals surface area contributed by atoms with Gasteiger partial charge in [-0.1, -0.05) is 194 Å². The Labute approximate surface area is 326 Å². The molecule has 0 aliphatic carbocycles. The van der Waals surface area contributed by atoms with Crippen molar-refractivity contribution in [3.63, 3.8) is 0 Å². The lowest BCUT2D eigenvalue weighted by Crippen LogP contribution is -2.01. The Morgan fingerprint density at radius 3 is 1.12 bits per heavy atom. The van der Waals surface area contributed by atoms with Crippen molar-refractivity contribution in [3.8, 4) is 78.7 Å². The lowest BCUT2D eigenvalue weighted by atomic mass is 9.91. The molecule has 3 heteroatoms. The van der Waals surface area contributed by atoms with Crippen molar-refractivity contribution in [1.29, 1.82) is 0 Å². The summed E-state index contributed by atoms with van der Waals surface area (Å²) in [6.07, 6.45) is 0. The van der Waals surface area contributed by atoms with Crippen LogP contribution in [0, 0.1) is 0 Å². The quantitative estimate of drug-likeness (QED) is 0.165. The molecular weight excluding hydrogens is 679 g/mol. The highest BCUT2D eigenvalue weighted by molar-refractivity contribution is 5.95. The van der Waals surface area contributed by atoms with Gasteiger partial charge in [-0.25, -0.2) is 15.0 Å². The molecule has 0 radical (unpaired) electrons. The Morgan fingerprint density at radius 1 is 0.196 bits per heavy atom. The number of aromatic nitrogens is 3. The zero-order valence-corrected chi connectivity index (χ0v) is 30.5. The van der Waals surface area contributed by atoms with E-state index >= 15 is 0 Å². The molecule has 0 bridgehead atoms. The van der Waals surface area contributed by atoms with Gasteiger partial charge in [-0.15, -0.1) is 0 Å². The fraction of sp³-hybridized carbons (Fsp3) is 0. The van der Waals surface area contributed by atoms with E-state index in [4.69, 9.17) is 15.0 Å². The predicted octanol–water partition coefficient (Wildman–Crippen LogP) is 13.8. The summed E-state index contributed by atoms with van der Waals surface area (Å²) < 4.78 is 0. The van der Waals surface area contributed by atoms with Crippen molar-refractivity contribution >= 4 is 21.5 Å². The second-order valence-electron chi connectivity index (χ2n) is 14.0. The molecular formula is C53H35N3. The third-order valence-electron chi connectivity index (χ3n) is 10.5. The minimum atomic E-state index is 0.645. The predicted molar refractivity (Wildman–Crippen MR) is 233 cm³/mol. The van der Waals surface area contributed by atoms with E-state index < -0.39 is 0 Å². The molecule has 3 nitrogen and oxygen atoms in total. The maximum absolute atomic E-state index is 5.01. The Kier molecular flexibility index (Phi) is 8.51. The molecule has 1 heterocycles. The molecule has 1 aromatic heterocycles. The number of nitrogens with zero attached hydrogens (tertiary/aromatic N) is 3. The van der Waals surface area contributed by atoms with E-state index in [9.17, 15) is 0 Å². The van der Waals surface area contributed by atoms with Crippen molar-refractivity contribution in [2.75, 3.05) is 0 Å². The van der Waals surface area contributed by atoms with E-state index in [0.717, 1.165) is 33.4 Å². The monoisotopic (exact) mass is 713 g/mol. The Hall–Kier alpha value is -7.49. The molecule has 0 amide bonds. The van der Waals surface area contributed by atoms with Gasteiger partial charge in [0, 0.05) is 16.7 Å². The smallest absolute Gasteiger partial charge is 0.164 e. The Bertz CT molecular complexity index is 2950. The van der Waals surface area contributed by atoms with Crippen LogP contribution in [0.1, 0.15) is 0 Å². The van der Waals surface area contributed by atoms with E-state index in [1.807, 2.05) is 66.7 Å². The Balaban J connectivity index is 0.965. The van der Waals surface area contributed by atoms with Crippen LogP contribution in [-0.4, -0.2) is 15.0 Å². The summed E-state index contributed by atoms with van der Waals surface area (Å²) in [6, 6.07) is 74.9. The third kappa shape index (κ3) is 6.42. The number of hydrogen-bond acceptors (Lipinski definition) is 3. The zero-order valence-electron chi connectivity index (χ0n) is 30.5. The molecule has 0 N–H and O–H groups in total. The topological polar surface area (TPSA) is 38.7 Å². The van der Waals surface area contributed by atoms with Crippen molar-refractivity contribution in [3.05, 3.63) is 212 Å². The first-order valence-corrected chi connectivity index (χ1v) is 18.9. The van der Waals surface area contributed by atoms with Gasteiger partial charge in [-0.2, -0.15) is 0 Å². The normalized spacial score (nSPS) is 11.2. The van der Waals surface area contributed by atoms with Gasteiger partial charge in [0.05, 0.1) is 0 Å². The molecule has 0 atom stereocenters. The van der Waals surface area contributed by atoms with Crippen LogP contribution < -0.4 is 0 Å². The van der Waals surface area contributed by atoms with Gasteiger partial charge in [-0.3, -0.25) is 0 Å². The fourth-order valence-electron chi connectivity index (χ4n) is 7.64. The molecule has 9 aromatic carbocycles. The van der Waals surface area contributed by atoms with Crippen LogP contribution >= 0.6 is 0 Å². The average Bonchev–Trinajstić information content (AvgIpc) is 3.29. The molecule has 10 aromatic rings. The summed E-state index contributed by atoms with van der Waals surface area (Å²) in [7, 11) is 0. The van der Waals surface area contributed by atoms with Crippen molar-refractivity contribution in [2.24, 2.45) is 0 Å². The largest absolute Gasteiger partial charge is 0.208 e. The van der Waals surface area contributed by atoms with Gasteiger partial charge >= 0.3 is 0 Å². The van der Waals surface area contributed by atoms with Crippen LogP contribution in [0.2, 0.25) is 0 Å². The number of hydrogen-bond donors (Lipinski definition) is 0. The first-order valence-electron chi connectivity index (χ1n) is 18.9. The SMILES string of the molecule is c1ccc(-c2nc(-c3ccccc3)nc(-c3ccccc3-c3ccc(-c4ccc5cc(-c6ccccc6-c6ccc7ccccc7c6)ccc5c4)cc3)n2)cc1. The van der Waals surface area contributed by atoms with Gasteiger partial charge in [0.2, 0.25) is 0 Å². The summed E-state index contributed by atoms with van der Waals surface area (Å²) in [6.45, 7) is 0. The summed E-state index contributed by atoms with van der Waals surface area (Å²) in [5.74, 6) is 1.94. The van der Waals surface area contributed by atoms with Crippen molar-refractivity contribution in [1.82, 2.24) is 15.0 Å². The van der Waals surface area contributed by atoms with Gasteiger partial charge in [-0.05, 0) is 84.3 Å². The zero-order chi connectivity index (χ0) is 37.3. The second kappa shape index (κ2) is 14.4. The lowest BCUT2D eigenvalue weighted by molar-refractivity contribution is 1.07. The summed E-state index contributed by atoms with van der Waals surface area (Å²) in [4.78, 5) is 14.9. The van der Waals surface area contributed by atoms with Gasteiger partial charge in [0.1, 0.15) is 0 Å². The standard InChI is InChI=1S/C53H35N3/c1-3-14-39(15-4-1)51-54-52(40-16-5-2-6-17-40)56-53(55-51)50-22-12-11-19-47(50)38-26-23-37(24-27-38)42-28-29-44-35-46(32-30-43(44)33-42)49-21-10-9-20-48(49)45-31-25-36-13-7-8-18-41(36)34-45/h1-35H. The van der Waals surface area contributed by atoms with Crippen LogP contribution in [0.25, 0.3) is 100 Å². The summed E-state index contributed by atoms with van der Waals surface area (Å²) >= 11 is 0. The highest BCUT2D eigenvalue weighted by Gasteiger charge is 2.16. The first-order chi connectivity index (χ1) is 27.7.